The first-order valence-corrected chi connectivity index (χ1v) is 5.54. The van der Waals surface area contributed by atoms with Crippen LogP contribution in [0.25, 0.3) is 0 Å². The Bertz CT molecular complexity index is 301. The highest BCUT2D eigenvalue weighted by molar-refractivity contribution is 9.10. The molecular weight excluding hydrogens is 242 g/mol. The molecule has 0 bridgehead atoms. The number of hydrogen-bond acceptors (Lipinski definition) is 2. The van der Waals surface area contributed by atoms with E-state index in [0.29, 0.717) is 6.54 Å². The van der Waals surface area contributed by atoms with Crippen LogP contribution in [0.2, 0.25) is 0 Å². The van der Waals surface area contributed by atoms with Gasteiger partial charge in [0.15, 0.2) is 0 Å². The molecular formula is C11H16BrNO. The monoisotopic (exact) mass is 257 g/mol. The molecule has 0 aliphatic carbocycles. The van der Waals surface area contributed by atoms with Gasteiger partial charge in [-0.3, -0.25) is 0 Å². The van der Waals surface area contributed by atoms with Crippen LogP contribution in [-0.4, -0.2) is 18.3 Å². The zero-order valence-electron chi connectivity index (χ0n) is 8.55. The van der Waals surface area contributed by atoms with E-state index in [0.717, 1.165) is 4.47 Å². The lowest BCUT2D eigenvalue weighted by Gasteiger charge is -2.14. The van der Waals surface area contributed by atoms with Gasteiger partial charge >= 0.3 is 0 Å². The van der Waals surface area contributed by atoms with E-state index in [-0.39, 0.29) is 12.6 Å². The molecule has 3 heteroatoms. The van der Waals surface area contributed by atoms with Crippen molar-refractivity contribution >= 4 is 15.9 Å². The van der Waals surface area contributed by atoms with Crippen LogP contribution in [0.5, 0.6) is 0 Å². The third kappa shape index (κ3) is 3.08. The zero-order chi connectivity index (χ0) is 10.6. The topological polar surface area (TPSA) is 32.3 Å². The standard InChI is InChI=1S/C11H16BrNO/c1-8-7-10(3-4-11(8)12)9(2)13-5-6-14/h3-4,7,9,13-14H,5-6H2,1-2H3. The van der Waals surface area contributed by atoms with E-state index in [1.165, 1.54) is 11.1 Å². The van der Waals surface area contributed by atoms with Crippen molar-refractivity contribution in [3.8, 4) is 0 Å². The molecule has 0 radical (unpaired) electrons. The molecule has 0 aromatic heterocycles. The van der Waals surface area contributed by atoms with Crippen molar-refractivity contribution in [2.75, 3.05) is 13.2 Å². The molecule has 14 heavy (non-hydrogen) atoms. The molecule has 2 nitrogen and oxygen atoms in total. The number of benzene rings is 1. The lowest BCUT2D eigenvalue weighted by atomic mass is 10.1. The van der Waals surface area contributed by atoms with Crippen molar-refractivity contribution in [2.45, 2.75) is 19.9 Å². The fourth-order valence-electron chi connectivity index (χ4n) is 1.34. The number of hydrogen-bond donors (Lipinski definition) is 2. The van der Waals surface area contributed by atoms with E-state index in [4.69, 9.17) is 5.11 Å². The summed E-state index contributed by atoms with van der Waals surface area (Å²) in [5, 5.41) is 11.9. The molecule has 1 atom stereocenters. The summed E-state index contributed by atoms with van der Waals surface area (Å²) in [6, 6.07) is 6.58. The number of halogens is 1. The fourth-order valence-corrected chi connectivity index (χ4v) is 1.58. The molecule has 0 amide bonds. The number of aliphatic hydroxyl groups is 1. The first-order chi connectivity index (χ1) is 6.65. The number of aliphatic hydroxyl groups excluding tert-OH is 1. The maximum Gasteiger partial charge on any atom is 0.0556 e. The van der Waals surface area contributed by atoms with Gasteiger partial charge in [0, 0.05) is 17.1 Å². The minimum absolute atomic E-state index is 0.180. The Morgan fingerprint density at radius 1 is 1.50 bits per heavy atom. The molecule has 1 aromatic carbocycles. The molecule has 0 heterocycles. The molecule has 0 spiro atoms. The lowest BCUT2D eigenvalue weighted by molar-refractivity contribution is 0.286. The second-order valence-corrected chi connectivity index (χ2v) is 4.26. The van der Waals surface area contributed by atoms with Gasteiger partial charge < -0.3 is 10.4 Å². The molecule has 0 aliphatic rings. The van der Waals surface area contributed by atoms with Crippen LogP contribution in [0, 0.1) is 6.92 Å². The Hall–Kier alpha value is -0.380. The summed E-state index contributed by atoms with van der Waals surface area (Å²) in [4.78, 5) is 0. The lowest BCUT2D eigenvalue weighted by Crippen LogP contribution is -2.22. The normalized spacial score (nSPS) is 12.9. The molecule has 1 unspecified atom stereocenters. The average Bonchev–Trinajstić information content (AvgIpc) is 2.18. The van der Waals surface area contributed by atoms with Crippen LogP contribution < -0.4 is 5.32 Å². The molecule has 0 aliphatic heterocycles. The van der Waals surface area contributed by atoms with Crippen molar-refractivity contribution in [1.29, 1.82) is 0 Å². The minimum atomic E-state index is 0.180. The summed E-state index contributed by atoms with van der Waals surface area (Å²) in [6.07, 6.45) is 0. The van der Waals surface area contributed by atoms with Crippen LogP contribution in [0.15, 0.2) is 22.7 Å². The largest absolute Gasteiger partial charge is 0.395 e. The maximum absolute atomic E-state index is 8.69. The predicted octanol–water partition coefficient (Wildman–Crippen LogP) is 2.40. The smallest absolute Gasteiger partial charge is 0.0556 e. The van der Waals surface area contributed by atoms with Crippen molar-refractivity contribution in [2.24, 2.45) is 0 Å². The summed E-state index contributed by atoms with van der Waals surface area (Å²) in [7, 11) is 0. The molecule has 1 aromatic rings. The van der Waals surface area contributed by atoms with Gasteiger partial charge in [-0.15, -0.1) is 0 Å². The van der Waals surface area contributed by atoms with Crippen LogP contribution in [-0.2, 0) is 0 Å². The third-order valence-electron chi connectivity index (χ3n) is 2.24. The molecule has 78 valence electrons. The van der Waals surface area contributed by atoms with Crippen molar-refractivity contribution in [3.63, 3.8) is 0 Å². The van der Waals surface area contributed by atoms with Crippen LogP contribution >= 0.6 is 15.9 Å². The van der Waals surface area contributed by atoms with Crippen molar-refractivity contribution in [3.05, 3.63) is 33.8 Å². The van der Waals surface area contributed by atoms with Gasteiger partial charge in [0.1, 0.15) is 0 Å². The quantitative estimate of drug-likeness (QED) is 0.869. The molecule has 2 N–H and O–H groups in total. The molecule has 0 fully saturated rings. The fraction of sp³-hybridized carbons (Fsp3) is 0.455. The van der Waals surface area contributed by atoms with E-state index < -0.39 is 0 Å². The van der Waals surface area contributed by atoms with Crippen molar-refractivity contribution < 1.29 is 5.11 Å². The Balaban J connectivity index is 2.70. The first-order valence-electron chi connectivity index (χ1n) is 4.75. The van der Waals surface area contributed by atoms with E-state index in [1.807, 2.05) is 0 Å². The zero-order valence-corrected chi connectivity index (χ0v) is 10.1. The van der Waals surface area contributed by atoms with Crippen LogP contribution in [0.3, 0.4) is 0 Å². The van der Waals surface area contributed by atoms with Gasteiger partial charge in [-0.25, -0.2) is 0 Å². The highest BCUT2D eigenvalue weighted by atomic mass is 79.9. The Kier molecular flexibility index (Phi) is 4.58. The highest BCUT2D eigenvalue weighted by Gasteiger charge is 2.05. The number of rotatable bonds is 4. The third-order valence-corrected chi connectivity index (χ3v) is 3.13. The SMILES string of the molecule is Cc1cc(C(C)NCCO)ccc1Br. The predicted molar refractivity (Wildman–Crippen MR) is 62.4 cm³/mol. The summed E-state index contributed by atoms with van der Waals surface area (Å²) >= 11 is 3.47. The van der Waals surface area contributed by atoms with E-state index in [2.05, 4.69) is 53.3 Å². The summed E-state index contributed by atoms with van der Waals surface area (Å²) < 4.78 is 1.13. The highest BCUT2D eigenvalue weighted by Crippen LogP contribution is 2.20. The Labute approximate surface area is 93.5 Å². The van der Waals surface area contributed by atoms with Crippen LogP contribution in [0.4, 0.5) is 0 Å². The van der Waals surface area contributed by atoms with Gasteiger partial charge in [-0.2, -0.15) is 0 Å². The second-order valence-electron chi connectivity index (χ2n) is 3.41. The summed E-state index contributed by atoms with van der Waals surface area (Å²) in [6.45, 7) is 4.99. The van der Waals surface area contributed by atoms with E-state index in [1.54, 1.807) is 0 Å². The minimum Gasteiger partial charge on any atom is -0.395 e. The molecule has 1 rings (SSSR count). The molecule has 0 saturated carbocycles. The maximum atomic E-state index is 8.69. The average molecular weight is 258 g/mol. The summed E-state index contributed by atoms with van der Waals surface area (Å²) in [5.41, 5.74) is 2.49. The number of nitrogens with one attached hydrogen (secondary N) is 1. The van der Waals surface area contributed by atoms with Crippen molar-refractivity contribution in [1.82, 2.24) is 5.32 Å². The number of aryl methyl sites for hydroxylation is 1. The van der Waals surface area contributed by atoms with E-state index in [9.17, 15) is 0 Å². The second kappa shape index (κ2) is 5.49. The van der Waals surface area contributed by atoms with Crippen LogP contribution in [0.1, 0.15) is 24.1 Å². The van der Waals surface area contributed by atoms with E-state index >= 15 is 0 Å². The van der Waals surface area contributed by atoms with Gasteiger partial charge in [0.05, 0.1) is 6.61 Å². The Morgan fingerprint density at radius 3 is 2.79 bits per heavy atom. The van der Waals surface area contributed by atoms with Gasteiger partial charge in [0.25, 0.3) is 0 Å². The first kappa shape index (κ1) is 11.7. The Morgan fingerprint density at radius 2 is 2.21 bits per heavy atom. The van der Waals surface area contributed by atoms with Gasteiger partial charge in [0.2, 0.25) is 0 Å². The molecule has 0 saturated heterocycles. The van der Waals surface area contributed by atoms with Gasteiger partial charge in [-0.1, -0.05) is 28.1 Å². The summed E-state index contributed by atoms with van der Waals surface area (Å²) in [5.74, 6) is 0. The van der Waals surface area contributed by atoms with Gasteiger partial charge in [-0.05, 0) is 31.0 Å².